The minimum atomic E-state index is -0.911. The number of halogens is 1. The average molecular weight is 842 g/mol. The summed E-state index contributed by atoms with van der Waals surface area (Å²) in [6.45, 7) is 5.31. The van der Waals surface area contributed by atoms with Gasteiger partial charge in [-0.2, -0.15) is 11.8 Å². The summed E-state index contributed by atoms with van der Waals surface area (Å²) in [5, 5.41) is 22.1. The molecule has 5 aromatic carbocycles. The Balaban J connectivity index is 0.000000265. The van der Waals surface area contributed by atoms with Gasteiger partial charge in [-0.3, -0.25) is 4.79 Å². The molecule has 0 spiro atoms. The van der Waals surface area contributed by atoms with Gasteiger partial charge >= 0.3 is 5.97 Å². The molecular weight excluding hydrogens is 784 g/mol. The van der Waals surface area contributed by atoms with Gasteiger partial charge in [0.15, 0.2) is 0 Å². The zero-order chi connectivity index (χ0) is 42.5. The standard InChI is InChI=1S/C35H36ClNO3S.C17H21NO/c1-34(2,40)30-9-4-3-7-25(30)13-17-32(41-23-35(18-19-35)22-33(38)39)27-8-5-6-24(20-27)10-15-29-16-12-26-11-14-28(36)21-31(26)37-29;1-18(2)13-14-19-17(15-9-5-3-6-10-15)16-11-7-4-8-12-16/h3-12,14-16,20-21,32,40H,13,17-19,22-23H2,1-2H3,(H,38,39);3-12,17H,13-14H2,1-2H3/b15-10+;/t32-;/m1./s1. The van der Waals surface area contributed by atoms with Crippen LogP contribution in [0.5, 0.6) is 0 Å². The Labute approximate surface area is 365 Å². The van der Waals surface area contributed by atoms with Gasteiger partial charge < -0.3 is 19.8 Å². The van der Waals surface area contributed by atoms with Crippen molar-refractivity contribution >= 4 is 52.4 Å². The van der Waals surface area contributed by atoms with Crippen LogP contribution in [0.4, 0.5) is 0 Å². The second-order valence-corrected chi connectivity index (χ2v) is 18.2. The Morgan fingerprint density at radius 2 is 1.50 bits per heavy atom. The van der Waals surface area contributed by atoms with E-state index in [-0.39, 0.29) is 23.2 Å². The lowest BCUT2D eigenvalue weighted by molar-refractivity contribution is -0.138. The van der Waals surface area contributed by atoms with E-state index in [1.54, 1.807) is 0 Å². The number of fused-ring (bicyclic) bond motifs is 1. The van der Waals surface area contributed by atoms with Gasteiger partial charge in [-0.05, 0) is 117 Å². The van der Waals surface area contributed by atoms with Crippen molar-refractivity contribution in [3.8, 4) is 0 Å². The second-order valence-electron chi connectivity index (χ2n) is 16.6. The molecule has 1 aliphatic rings. The van der Waals surface area contributed by atoms with Gasteiger partial charge in [-0.25, -0.2) is 4.98 Å². The van der Waals surface area contributed by atoms with E-state index in [1.165, 1.54) is 16.7 Å². The molecule has 2 N–H and O–H groups in total. The average Bonchev–Trinajstić information content (AvgIpc) is 4.00. The van der Waals surface area contributed by atoms with Gasteiger partial charge in [-0.15, -0.1) is 0 Å². The number of benzene rings is 5. The number of hydrogen-bond acceptors (Lipinski definition) is 6. The number of aryl methyl sites for hydroxylation is 1. The first-order valence-electron chi connectivity index (χ1n) is 20.7. The molecule has 0 aliphatic heterocycles. The SMILES string of the molecule is CC(C)(O)c1ccccc1CC[C@@H](SCC1(CC(=O)O)CC1)c1cccc(/C=C/c2ccc3ccc(Cl)cc3n2)c1.CN(C)CCOC(c1ccccc1)c1ccccc1. The summed E-state index contributed by atoms with van der Waals surface area (Å²) >= 11 is 8.04. The summed E-state index contributed by atoms with van der Waals surface area (Å²) < 4.78 is 6.08. The first-order chi connectivity index (χ1) is 28.9. The zero-order valence-electron chi connectivity index (χ0n) is 35.1. The second kappa shape index (κ2) is 21.2. The van der Waals surface area contributed by atoms with Gasteiger partial charge in [0.2, 0.25) is 0 Å². The fourth-order valence-electron chi connectivity index (χ4n) is 7.35. The number of aliphatic carboxylic acids is 1. The molecule has 1 heterocycles. The lowest BCUT2D eigenvalue weighted by Crippen LogP contribution is -2.20. The number of likely N-dealkylation sites (N-methyl/N-ethyl adjacent to an activating group) is 1. The molecule has 1 aliphatic carbocycles. The number of carbonyl (C=O) groups is 1. The molecule has 0 amide bonds. The zero-order valence-corrected chi connectivity index (χ0v) is 36.7. The van der Waals surface area contributed by atoms with Gasteiger partial charge in [-0.1, -0.05) is 139 Å². The molecule has 1 saturated carbocycles. The Bertz CT molecular complexity index is 2280. The first kappa shape index (κ1) is 44.8. The smallest absolute Gasteiger partial charge is 0.303 e. The van der Waals surface area contributed by atoms with E-state index in [0.29, 0.717) is 5.02 Å². The minimum Gasteiger partial charge on any atom is -0.481 e. The van der Waals surface area contributed by atoms with Crippen molar-refractivity contribution in [2.45, 2.75) is 62.9 Å². The number of rotatable bonds is 18. The van der Waals surface area contributed by atoms with Crippen molar-refractivity contribution in [1.82, 2.24) is 9.88 Å². The van der Waals surface area contributed by atoms with Gasteiger partial charge in [0.25, 0.3) is 0 Å². The van der Waals surface area contributed by atoms with Crippen LogP contribution in [-0.2, 0) is 21.6 Å². The van der Waals surface area contributed by atoms with Crippen molar-refractivity contribution < 1.29 is 19.7 Å². The van der Waals surface area contributed by atoms with Gasteiger partial charge in [0, 0.05) is 28.0 Å². The minimum absolute atomic E-state index is 0.0161. The molecule has 1 aromatic heterocycles. The molecule has 6 nitrogen and oxygen atoms in total. The molecule has 60 heavy (non-hydrogen) atoms. The van der Waals surface area contributed by atoms with Gasteiger partial charge in [0.1, 0.15) is 6.10 Å². The summed E-state index contributed by atoms with van der Waals surface area (Å²) in [6, 6.07) is 47.2. The van der Waals surface area contributed by atoms with Crippen LogP contribution in [0.25, 0.3) is 23.1 Å². The lowest BCUT2D eigenvalue weighted by atomic mass is 9.90. The van der Waals surface area contributed by atoms with E-state index in [9.17, 15) is 15.0 Å². The molecular formula is C52H57ClN2O4S. The summed E-state index contributed by atoms with van der Waals surface area (Å²) in [6.07, 6.45) is 8.03. The maximum atomic E-state index is 11.5. The highest BCUT2D eigenvalue weighted by Gasteiger charge is 2.44. The van der Waals surface area contributed by atoms with E-state index in [0.717, 1.165) is 77.9 Å². The predicted octanol–water partition coefficient (Wildman–Crippen LogP) is 12.3. The molecule has 8 heteroatoms. The molecule has 0 bridgehead atoms. The largest absolute Gasteiger partial charge is 0.481 e. The van der Waals surface area contributed by atoms with Crippen LogP contribution in [0.15, 0.2) is 140 Å². The number of carboxylic acids is 1. The number of nitrogens with zero attached hydrogens (tertiary/aromatic N) is 2. The molecule has 6 aromatic rings. The van der Waals surface area contributed by atoms with Gasteiger partial charge in [0.05, 0.1) is 29.8 Å². The number of carboxylic acid groups (broad SMARTS) is 1. The molecule has 1 atom stereocenters. The van der Waals surface area contributed by atoms with Crippen LogP contribution in [0.2, 0.25) is 5.02 Å². The summed E-state index contributed by atoms with van der Waals surface area (Å²) in [7, 11) is 4.12. The van der Waals surface area contributed by atoms with Crippen LogP contribution in [0.3, 0.4) is 0 Å². The molecule has 312 valence electrons. The predicted molar refractivity (Wildman–Crippen MR) is 250 cm³/mol. The number of aliphatic hydroxyl groups is 1. The highest BCUT2D eigenvalue weighted by molar-refractivity contribution is 7.99. The summed E-state index contributed by atoms with van der Waals surface area (Å²) in [4.78, 5) is 18.4. The van der Waals surface area contributed by atoms with E-state index >= 15 is 0 Å². The van der Waals surface area contributed by atoms with Crippen LogP contribution in [-0.4, -0.2) is 59.1 Å². The molecule has 7 rings (SSSR count). The quantitative estimate of drug-likeness (QED) is 0.0892. The monoisotopic (exact) mass is 840 g/mol. The number of aromatic nitrogens is 1. The molecule has 0 saturated heterocycles. The van der Waals surface area contributed by atoms with Crippen molar-refractivity contribution in [2.24, 2.45) is 5.41 Å². The number of pyridine rings is 1. The maximum absolute atomic E-state index is 11.5. The highest BCUT2D eigenvalue weighted by atomic mass is 35.5. The third-order valence-electron chi connectivity index (χ3n) is 10.9. The Kier molecular flexibility index (Phi) is 15.8. The van der Waals surface area contributed by atoms with Crippen molar-refractivity contribution in [3.05, 3.63) is 184 Å². The fraction of sp³-hybridized carbons (Fsp3) is 0.308. The Morgan fingerprint density at radius 3 is 2.15 bits per heavy atom. The van der Waals surface area contributed by atoms with Crippen LogP contribution in [0.1, 0.15) is 90.0 Å². The Hall–Kier alpha value is -4.76. The van der Waals surface area contributed by atoms with Crippen LogP contribution >= 0.6 is 23.4 Å². The van der Waals surface area contributed by atoms with E-state index in [1.807, 2.05) is 86.3 Å². The van der Waals surface area contributed by atoms with Crippen molar-refractivity contribution in [3.63, 3.8) is 0 Å². The Morgan fingerprint density at radius 1 is 0.850 bits per heavy atom. The molecule has 0 radical (unpaired) electrons. The number of hydrogen-bond donors (Lipinski definition) is 2. The topological polar surface area (TPSA) is 82.9 Å². The molecule has 0 unspecified atom stereocenters. The third kappa shape index (κ3) is 13.4. The first-order valence-corrected chi connectivity index (χ1v) is 22.1. The normalized spacial score (nSPS) is 14.0. The van der Waals surface area contributed by atoms with Crippen LogP contribution < -0.4 is 0 Å². The van der Waals surface area contributed by atoms with Crippen LogP contribution in [0, 0.1) is 5.41 Å². The van der Waals surface area contributed by atoms with E-state index in [2.05, 4.69) is 110 Å². The number of ether oxygens (including phenoxy) is 1. The van der Waals surface area contributed by atoms with E-state index in [4.69, 9.17) is 21.3 Å². The highest BCUT2D eigenvalue weighted by Crippen LogP contribution is 2.53. The lowest BCUT2D eigenvalue weighted by Gasteiger charge is -2.24. The number of thioether (sulfide) groups is 1. The summed E-state index contributed by atoms with van der Waals surface area (Å²) in [5.74, 6) is 0.122. The van der Waals surface area contributed by atoms with Crippen molar-refractivity contribution in [2.75, 3.05) is 33.0 Å². The molecule has 1 fully saturated rings. The third-order valence-corrected chi connectivity index (χ3v) is 12.8. The summed E-state index contributed by atoms with van der Waals surface area (Å²) in [5.41, 5.74) is 7.56. The fourth-order valence-corrected chi connectivity index (χ4v) is 9.09. The van der Waals surface area contributed by atoms with Crippen molar-refractivity contribution in [1.29, 1.82) is 0 Å². The van der Waals surface area contributed by atoms with E-state index < -0.39 is 11.6 Å². The maximum Gasteiger partial charge on any atom is 0.303 e.